The van der Waals surface area contributed by atoms with E-state index in [1.165, 1.54) is 17.7 Å². The van der Waals surface area contributed by atoms with E-state index in [2.05, 4.69) is 5.32 Å². The molecule has 1 aliphatic rings. The van der Waals surface area contributed by atoms with Crippen molar-refractivity contribution < 1.29 is 17.8 Å². The van der Waals surface area contributed by atoms with Crippen LogP contribution in [0.1, 0.15) is 24.1 Å². The lowest BCUT2D eigenvalue weighted by Crippen LogP contribution is -2.38. The zero-order chi connectivity index (χ0) is 17.9. The molecule has 2 N–H and O–H groups in total. The van der Waals surface area contributed by atoms with E-state index in [1.54, 1.807) is 24.1 Å². The van der Waals surface area contributed by atoms with Gasteiger partial charge in [-0.05, 0) is 37.6 Å². The molecule has 24 heavy (non-hydrogen) atoms. The Hall–Kier alpha value is -2.38. The second kappa shape index (κ2) is 7.02. The SMILES string of the molecule is CC1c2ccccc2NC(=O)N1C.Cc1ccc(S(=O)(=O)O)cc1. The summed E-state index contributed by atoms with van der Waals surface area (Å²) in [5.74, 6) is 0. The second-order valence-electron chi connectivity index (χ2n) is 5.59. The Morgan fingerprint density at radius 2 is 1.67 bits per heavy atom. The number of urea groups is 1. The third kappa shape index (κ3) is 4.12. The number of fused-ring (bicyclic) bond motifs is 1. The van der Waals surface area contributed by atoms with Gasteiger partial charge < -0.3 is 10.2 Å². The van der Waals surface area contributed by atoms with Crippen LogP contribution in [-0.4, -0.2) is 30.9 Å². The highest BCUT2D eigenvalue weighted by molar-refractivity contribution is 7.85. The zero-order valence-corrected chi connectivity index (χ0v) is 14.5. The highest BCUT2D eigenvalue weighted by atomic mass is 32.2. The summed E-state index contributed by atoms with van der Waals surface area (Å²) in [4.78, 5) is 13.0. The number of aryl methyl sites for hydroxylation is 1. The van der Waals surface area contributed by atoms with E-state index >= 15 is 0 Å². The van der Waals surface area contributed by atoms with Gasteiger partial charge in [-0.3, -0.25) is 4.55 Å². The fourth-order valence-corrected chi connectivity index (χ4v) is 2.75. The van der Waals surface area contributed by atoms with Crippen molar-refractivity contribution in [2.45, 2.75) is 24.8 Å². The molecule has 0 aliphatic carbocycles. The first-order chi connectivity index (χ1) is 11.2. The van der Waals surface area contributed by atoms with Gasteiger partial charge in [-0.25, -0.2) is 4.79 Å². The molecule has 7 heteroatoms. The molecule has 0 fully saturated rings. The quantitative estimate of drug-likeness (QED) is 0.773. The van der Waals surface area contributed by atoms with Crippen LogP contribution in [0.15, 0.2) is 53.4 Å². The summed E-state index contributed by atoms with van der Waals surface area (Å²) < 4.78 is 29.6. The maximum absolute atomic E-state index is 11.4. The van der Waals surface area contributed by atoms with Gasteiger partial charge in [0, 0.05) is 12.7 Å². The third-order valence-electron chi connectivity index (χ3n) is 3.87. The molecule has 3 rings (SSSR count). The first-order valence-electron chi connectivity index (χ1n) is 7.37. The topological polar surface area (TPSA) is 86.7 Å². The van der Waals surface area contributed by atoms with Crippen molar-refractivity contribution in [2.24, 2.45) is 0 Å². The molecular formula is C17H20N2O4S. The Morgan fingerprint density at radius 3 is 2.25 bits per heavy atom. The number of hydrogen-bond donors (Lipinski definition) is 2. The van der Waals surface area contributed by atoms with E-state index < -0.39 is 10.1 Å². The number of amides is 2. The summed E-state index contributed by atoms with van der Waals surface area (Å²) in [7, 11) is -2.22. The van der Waals surface area contributed by atoms with Gasteiger partial charge >= 0.3 is 6.03 Å². The maximum Gasteiger partial charge on any atom is 0.322 e. The number of carbonyl (C=O) groups excluding carboxylic acids is 1. The molecule has 2 aromatic rings. The molecule has 0 radical (unpaired) electrons. The Bertz CT molecular complexity index is 832. The first-order valence-corrected chi connectivity index (χ1v) is 8.81. The standard InChI is InChI=1S/C10H12N2O.C7H8O3S/c1-7-8-5-3-4-6-9(8)11-10(13)12(7)2;1-6-2-4-7(5-3-6)11(8,9)10/h3-7H,1-2H3,(H,11,13);2-5H,1H3,(H,8,9,10). The fraction of sp³-hybridized carbons (Fsp3) is 0.235. The van der Waals surface area contributed by atoms with Crippen molar-refractivity contribution in [3.8, 4) is 0 Å². The first kappa shape index (κ1) is 18.0. The average molecular weight is 348 g/mol. The van der Waals surface area contributed by atoms with Gasteiger partial charge in [-0.15, -0.1) is 0 Å². The van der Waals surface area contributed by atoms with Crippen LogP contribution in [0.5, 0.6) is 0 Å². The number of nitrogens with one attached hydrogen (secondary N) is 1. The minimum absolute atomic E-state index is 0.0359. The summed E-state index contributed by atoms with van der Waals surface area (Å²) in [5.41, 5.74) is 3.06. The minimum Gasteiger partial charge on any atom is -0.321 e. The van der Waals surface area contributed by atoms with E-state index in [0.717, 1.165) is 11.3 Å². The smallest absolute Gasteiger partial charge is 0.321 e. The van der Waals surface area contributed by atoms with Crippen LogP contribution >= 0.6 is 0 Å². The largest absolute Gasteiger partial charge is 0.322 e. The van der Waals surface area contributed by atoms with Crippen LogP contribution in [0.2, 0.25) is 0 Å². The lowest BCUT2D eigenvalue weighted by molar-refractivity contribution is 0.205. The van der Waals surface area contributed by atoms with Crippen LogP contribution < -0.4 is 5.32 Å². The molecule has 1 atom stereocenters. The number of carbonyl (C=O) groups is 1. The molecule has 0 saturated heterocycles. The van der Waals surface area contributed by atoms with Crippen LogP contribution in [0.4, 0.5) is 10.5 Å². The van der Waals surface area contributed by atoms with E-state index in [1.807, 2.05) is 38.1 Å². The molecule has 0 saturated carbocycles. The normalized spacial score (nSPS) is 16.6. The lowest BCUT2D eigenvalue weighted by atomic mass is 10.0. The number of rotatable bonds is 1. The molecule has 0 bridgehead atoms. The summed E-state index contributed by atoms with van der Waals surface area (Å²) in [5, 5.41) is 2.83. The average Bonchev–Trinajstić information content (AvgIpc) is 2.53. The monoisotopic (exact) mass is 348 g/mol. The third-order valence-corrected chi connectivity index (χ3v) is 4.74. The summed E-state index contributed by atoms with van der Waals surface area (Å²) in [6.07, 6.45) is 0. The van der Waals surface area contributed by atoms with E-state index in [0.29, 0.717) is 0 Å². The Labute approximate surface area is 141 Å². The van der Waals surface area contributed by atoms with Crippen molar-refractivity contribution >= 4 is 21.8 Å². The number of anilines is 1. The van der Waals surface area contributed by atoms with Crippen molar-refractivity contribution in [1.82, 2.24) is 4.90 Å². The van der Waals surface area contributed by atoms with Gasteiger partial charge in [0.15, 0.2) is 0 Å². The molecule has 2 amide bonds. The molecule has 1 unspecified atom stereocenters. The number of nitrogens with zero attached hydrogens (tertiary/aromatic N) is 1. The molecule has 1 aliphatic heterocycles. The molecule has 1 heterocycles. The summed E-state index contributed by atoms with van der Waals surface area (Å²) in [6.45, 7) is 3.87. The second-order valence-corrected chi connectivity index (χ2v) is 7.01. The Morgan fingerprint density at radius 1 is 1.08 bits per heavy atom. The van der Waals surface area contributed by atoms with Gasteiger partial charge in [0.25, 0.3) is 10.1 Å². The van der Waals surface area contributed by atoms with Gasteiger partial charge in [-0.1, -0.05) is 35.9 Å². The predicted octanol–water partition coefficient (Wildman–Crippen LogP) is 3.47. The molecular weight excluding hydrogens is 328 g/mol. The zero-order valence-electron chi connectivity index (χ0n) is 13.7. The van der Waals surface area contributed by atoms with Crippen LogP contribution in [-0.2, 0) is 10.1 Å². The lowest BCUT2D eigenvalue weighted by Gasteiger charge is -2.32. The van der Waals surface area contributed by atoms with Gasteiger partial charge in [-0.2, -0.15) is 8.42 Å². The minimum atomic E-state index is -4.02. The van der Waals surface area contributed by atoms with Gasteiger partial charge in [0.05, 0.1) is 10.9 Å². The highest BCUT2D eigenvalue weighted by Crippen LogP contribution is 2.30. The van der Waals surface area contributed by atoms with Gasteiger partial charge in [0.2, 0.25) is 0 Å². The fourth-order valence-electron chi connectivity index (χ4n) is 2.27. The van der Waals surface area contributed by atoms with Crippen LogP contribution in [0.3, 0.4) is 0 Å². The van der Waals surface area contributed by atoms with E-state index in [4.69, 9.17) is 4.55 Å². The number of para-hydroxylation sites is 1. The molecule has 0 aromatic heterocycles. The van der Waals surface area contributed by atoms with Crippen LogP contribution in [0, 0.1) is 6.92 Å². The Kier molecular flexibility index (Phi) is 5.26. The molecule has 0 spiro atoms. The number of benzene rings is 2. The molecule has 2 aromatic carbocycles. The summed E-state index contributed by atoms with van der Waals surface area (Å²) >= 11 is 0. The molecule has 6 nitrogen and oxygen atoms in total. The van der Waals surface area contributed by atoms with Gasteiger partial charge in [0.1, 0.15) is 0 Å². The van der Waals surface area contributed by atoms with E-state index in [9.17, 15) is 13.2 Å². The highest BCUT2D eigenvalue weighted by Gasteiger charge is 2.25. The number of hydrogen-bond acceptors (Lipinski definition) is 3. The summed E-state index contributed by atoms with van der Waals surface area (Å²) in [6, 6.07) is 14.0. The van der Waals surface area contributed by atoms with Crippen molar-refractivity contribution in [3.05, 3.63) is 59.7 Å². The maximum atomic E-state index is 11.4. The van der Waals surface area contributed by atoms with Crippen LogP contribution in [0.25, 0.3) is 0 Å². The Balaban J connectivity index is 0.000000177. The van der Waals surface area contributed by atoms with Crippen molar-refractivity contribution in [2.75, 3.05) is 12.4 Å². The van der Waals surface area contributed by atoms with E-state index in [-0.39, 0.29) is 17.0 Å². The van der Waals surface area contributed by atoms with Crippen molar-refractivity contribution in [3.63, 3.8) is 0 Å². The van der Waals surface area contributed by atoms with Crippen molar-refractivity contribution in [1.29, 1.82) is 0 Å². The molecule has 128 valence electrons. The predicted molar refractivity (Wildman–Crippen MR) is 92.6 cm³/mol.